The molecular formula is C14H17Cl4N2O7P. The van der Waals surface area contributed by atoms with Gasteiger partial charge < -0.3 is 10.5 Å². The Morgan fingerprint density at radius 3 is 1.79 bits per heavy atom. The Kier molecular flexibility index (Phi) is 10.8. The molecule has 1 aromatic carbocycles. The lowest BCUT2D eigenvalue weighted by atomic mass is 10.2. The Bertz CT molecular complexity index is 683. The van der Waals surface area contributed by atoms with Crippen molar-refractivity contribution < 1.29 is 28.1 Å². The zero-order valence-corrected chi connectivity index (χ0v) is 18.1. The van der Waals surface area contributed by atoms with E-state index in [2.05, 4.69) is 0 Å². The molecule has 1 unspecified atom stereocenters. The van der Waals surface area contributed by atoms with E-state index in [4.69, 9.17) is 65.9 Å². The number of alkyl halides is 4. The second-order valence-electron chi connectivity index (χ2n) is 5.25. The number of nitrogens with zero attached hydrogens (tertiary/aromatic N) is 1. The number of benzene rings is 1. The summed E-state index contributed by atoms with van der Waals surface area (Å²) in [4.78, 5) is 21.6. The molecule has 2 N–H and O–H groups in total. The summed E-state index contributed by atoms with van der Waals surface area (Å²) in [5.41, 5.74) is 4.92. The van der Waals surface area contributed by atoms with Crippen molar-refractivity contribution in [3.8, 4) is 0 Å². The number of rotatable bonds is 12. The maximum absolute atomic E-state index is 13.6. The summed E-state index contributed by atoms with van der Waals surface area (Å²) >= 11 is 23.0. The highest BCUT2D eigenvalue weighted by atomic mass is 35.5. The molecule has 1 aromatic rings. The van der Waals surface area contributed by atoms with Gasteiger partial charge in [-0.2, -0.15) is 0 Å². The van der Waals surface area contributed by atoms with Gasteiger partial charge >= 0.3 is 13.7 Å². The van der Waals surface area contributed by atoms with Crippen molar-refractivity contribution in [3.05, 3.63) is 39.9 Å². The molecule has 0 aliphatic heterocycles. The van der Waals surface area contributed by atoms with E-state index in [-0.39, 0.29) is 34.8 Å². The maximum atomic E-state index is 13.6. The molecule has 158 valence electrons. The van der Waals surface area contributed by atoms with Crippen LogP contribution in [0, 0.1) is 10.1 Å². The number of ether oxygens (including phenoxy) is 1. The lowest BCUT2D eigenvalue weighted by Gasteiger charge is -2.30. The summed E-state index contributed by atoms with van der Waals surface area (Å²) in [5.74, 6) is -2.24. The Labute approximate surface area is 181 Å². The zero-order chi connectivity index (χ0) is 21.3. The first-order valence-electron chi connectivity index (χ1n) is 7.61. The van der Waals surface area contributed by atoms with Gasteiger partial charge in [0.15, 0.2) is 0 Å². The van der Waals surface area contributed by atoms with Crippen molar-refractivity contribution in [2.45, 2.75) is 18.1 Å². The van der Waals surface area contributed by atoms with E-state index >= 15 is 0 Å². The number of nitro benzene ring substituents is 1. The van der Waals surface area contributed by atoms with E-state index in [0.29, 0.717) is 0 Å². The SMILES string of the molecule is NC(=O)OC(c1ccc([N+](=O)[O-])cc1)P(=O)(OC(CCl)CCl)OC(CCl)CCl. The third-order valence-corrected chi connectivity index (χ3v) is 6.72. The first-order chi connectivity index (χ1) is 13.2. The molecule has 0 radical (unpaired) electrons. The third kappa shape index (κ3) is 7.22. The van der Waals surface area contributed by atoms with Gasteiger partial charge in [0.1, 0.15) is 0 Å². The van der Waals surface area contributed by atoms with Crippen molar-refractivity contribution in [2.75, 3.05) is 23.5 Å². The Hall–Kier alpha value is -0.800. The first-order valence-corrected chi connectivity index (χ1v) is 11.4. The van der Waals surface area contributed by atoms with E-state index < -0.39 is 36.7 Å². The molecule has 0 aliphatic rings. The number of nitro groups is 1. The summed E-state index contributed by atoms with van der Waals surface area (Å²) in [7, 11) is -4.35. The monoisotopic (exact) mass is 496 g/mol. The number of hydrogen-bond acceptors (Lipinski definition) is 7. The van der Waals surface area contributed by atoms with E-state index in [0.717, 1.165) is 12.1 Å². The summed E-state index contributed by atoms with van der Waals surface area (Å²) in [6.45, 7) is 0. The van der Waals surface area contributed by atoms with Crippen molar-refractivity contribution in [2.24, 2.45) is 5.73 Å². The summed E-state index contributed by atoms with van der Waals surface area (Å²) in [6.07, 6.45) is -3.15. The second kappa shape index (κ2) is 12.0. The maximum Gasteiger partial charge on any atom is 0.405 e. The average molecular weight is 498 g/mol. The van der Waals surface area contributed by atoms with E-state index in [9.17, 15) is 19.5 Å². The van der Waals surface area contributed by atoms with Gasteiger partial charge in [-0.15, -0.1) is 46.4 Å². The fourth-order valence-corrected chi connectivity index (χ4v) is 5.37. The van der Waals surface area contributed by atoms with Crippen molar-refractivity contribution in [1.82, 2.24) is 0 Å². The normalized spacial score (nSPS) is 12.9. The molecule has 0 saturated carbocycles. The van der Waals surface area contributed by atoms with Crippen LogP contribution >= 0.6 is 54.0 Å². The molecule has 1 atom stereocenters. The van der Waals surface area contributed by atoms with Gasteiger partial charge in [0.25, 0.3) is 5.69 Å². The number of carbonyl (C=O) groups excluding carboxylic acids is 1. The molecular weight excluding hydrogens is 481 g/mol. The lowest BCUT2D eigenvalue weighted by Crippen LogP contribution is -2.26. The Morgan fingerprint density at radius 1 is 1.04 bits per heavy atom. The fraction of sp³-hybridized carbons (Fsp3) is 0.500. The van der Waals surface area contributed by atoms with Crippen LogP contribution in [0.2, 0.25) is 0 Å². The molecule has 14 heteroatoms. The van der Waals surface area contributed by atoms with Gasteiger partial charge in [-0.25, -0.2) is 4.79 Å². The number of halogens is 4. The smallest absolute Gasteiger partial charge is 0.405 e. The summed E-state index contributed by atoms with van der Waals surface area (Å²) < 4.78 is 29.4. The number of primary amides is 1. The number of carbonyl (C=O) groups is 1. The number of non-ortho nitro benzene ring substituents is 1. The minimum atomic E-state index is -4.35. The largest absolute Gasteiger partial charge is 0.428 e. The zero-order valence-electron chi connectivity index (χ0n) is 14.2. The minimum Gasteiger partial charge on any atom is -0.428 e. The molecule has 9 nitrogen and oxygen atoms in total. The van der Waals surface area contributed by atoms with Crippen LogP contribution in [0.5, 0.6) is 0 Å². The highest BCUT2D eigenvalue weighted by molar-refractivity contribution is 7.54. The highest BCUT2D eigenvalue weighted by Crippen LogP contribution is 2.63. The summed E-state index contributed by atoms with van der Waals surface area (Å²) in [6, 6.07) is 4.69. The number of amides is 1. The van der Waals surface area contributed by atoms with Crippen molar-refractivity contribution >= 4 is 65.8 Å². The minimum absolute atomic E-state index is 0.0681. The lowest BCUT2D eigenvalue weighted by molar-refractivity contribution is -0.384. The standard InChI is InChI=1S/C14H17Cl4N2O7P/c15-5-11(6-16)26-28(24,27-12(7-17)8-18)13(25-14(19)21)9-1-3-10(4-2-9)20(22)23/h1-4,11-13H,5-8H2,(H2,19,21). The van der Waals surface area contributed by atoms with E-state index in [1.165, 1.54) is 12.1 Å². The molecule has 28 heavy (non-hydrogen) atoms. The fourth-order valence-electron chi connectivity index (χ4n) is 1.93. The topological polar surface area (TPSA) is 131 Å². The molecule has 0 bridgehead atoms. The summed E-state index contributed by atoms with van der Waals surface area (Å²) in [5, 5.41) is 10.8. The number of nitrogens with two attached hydrogens (primary N) is 1. The van der Waals surface area contributed by atoms with Crippen molar-refractivity contribution in [3.63, 3.8) is 0 Å². The predicted molar refractivity (Wildman–Crippen MR) is 107 cm³/mol. The first kappa shape index (κ1) is 25.2. The van der Waals surface area contributed by atoms with Gasteiger partial charge in [0, 0.05) is 17.7 Å². The van der Waals surface area contributed by atoms with Crippen LogP contribution in [0.25, 0.3) is 0 Å². The van der Waals surface area contributed by atoms with Gasteiger partial charge in [0.2, 0.25) is 5.85 Å². The second-order valence-corrected chi connectivity index (χ2v) is 8.45. The van der Waals surface area contributed by atoms with Crippen LogP contribution in [0.3, 0.4) is 0 Å². The van der Waals surface area contributed by atoms with Gasteiger partial charge in [-0.3, -0.25) is 23.7 Å². The van der Waals surface area contributed by atoms with Crippen LogP contribution in [0.1, 0.15) is 11.4 Å². The van der Waals surface area contributed by atoms with Crippen LogP contribution in [-0.4, -0.2) is 46.7 Å². The van der Waals surface area contributed by atoms with Crippen molar-refractivity contribution in [1.29, 1.82) is 0 Å². The van der Waals surface area contributed by atoms with E-state index in [1.54, 1.807) is 0 Å². The van der Waals surface area contributed by atoms with E-state index in [1.807, 2.05) is 0 Å². The highest BCUT2D eigenvalue weighted by Gasteiger charge is 2.44. The van der Waals surface area contributed by atoms with Crippen LogP contribution in [-0.2, 0) is 18.3 Å². The molecule has 1 rings (SSSR count). The van der Waals surface area contributed by atoms with Gasteiger partial charge in [-0.1, -0.05) is 0 Å². The molecule has 1 amide bonds. The molecule has 0 fully saturated rings. The van der Waals surface area contributed by atoms with Crippen LogP contribution < -0.4 is 5.73 Å². The van der Waals surface area contributed by atoms with Gasteiger partial charge in [-0.05, 0) is 12.1 Å². The molecule has 0 aliphatic carbocycles. The molecule has 0 spiro atoms. The third-order valence-electron chi connectivity index (χ3n) is 3.18. The van der Waals surface area contributed by atoms with Crippen LogP contribution in [0.4, 0.5) is 10.5 Å². The predicted octanol–water partition coefficient (Wildman–Crippen LogP) is 4.61. The Morgan fingerprint density at radius 2 is 1.46 bits per heavy atom. The molecule has 0 saturated heterocycles. The molecule has 0 aromatic heterocycles. The quantitative estimate of drug-likeness (QED) is 0.193. The average Bonchev–Trinajstić information content (AvgIpc) is 2.68. The Balaban J connectivity index is 3.41. The van der Waals surface area contributed by atoms with Crippen LogP contribution in [0.15, 0.2) is 24.3 Å². The van der Waals surface area contributed by atoms with Gasteiger partial charge in [0.05, 0.1) is 40.7 Å². The number of hydrogen-bond donors (Lipinski definition) is 1. The molecule has 0 heterocycles.